The van der Waals surface area contributed by atoms with Crippen LogP contribution in [0.2, 0.25) is 15.1 Å². The van der Waals surface area contributed by atoms with Gasteiger partial charge in [-0.3, -0.25) is 9.69 Å². The Morgan fingerprint density at radius 1 is 0.938 bits per heavy atom. The molecule has 2 heterocycles. The molecule has 3 aromatic carbocycles. The van der Waals surface area contributed by atoms with Crippen LogP contribution < -0.4 is 10.2 Å². The fraction of sp³-hybridized carbons (Fsp3) is 0.160. The number of benzene rings is 3. The molecule has 0 amide bonds. The standard InChI is InChI=1S/C25H18Cl3NO3/c26-17-4-1-15(2-5-17)21-13-31-25-19(24(21)30)7-8-23-20(25)12-29(14-32-23)10-9-16-3-6-18(27)11-22(16)28/h1-8,11,13H,9-10,12,14H2. The van der Waals surface area contributed by atoms with Crippen LogP contribution in [0.25, 0.3) is 22.1 Å². The molecule has 0 spiro atoms. The maximum Gasteiger partial charge on any atom is 0.200 e. The molecule has 4 aromatic rings. The Kier molecular flexibility index (Phi) is 5.87. The van der Waals surface area contributed by atoms with Crippen LogP contribution in [0.5, 0.6) is 5.75 Å². The number of hydrogen-bond acceptors (Lipinski definition) is 4. The van der Waals surface area contributed by atoms with Gasteiger partial charge in [-0.1, -0.05) is 53.0 Å². The quantitative estimate of drug-likeness (QED) is 0.318. The molecule has 0 fully saturated rings. The van der Waals surface area contributed by atoms with Gasteiger partial charge in [-0.05, 0) is 53.9 Å². The van der Waals surface area contributed by atoms with Gasteiger partial charge in [0, 0.05) is 28.2 Å². The Morgan fingerprint density at radius 2 is 1.72 bits per heavy atom. The summed E-state index contributed by atoms with van der Waals surface area (Å²) in [6.45, 7) is 1.81. The minimum absolute atomic E-state index is 0.0820. The molecular formula is C25H18Cl3NO3. The summed E-state index contributed by atoms with van der Waals surface area (Å²) in [5.74, 6) is 0.737. The lowest BCUT2D eigenvalue weighted by molar-refractivity contribution is 0.0968. The maximum absolute atomic E-state index is 13.2. The maximum atomic E-state index is 13.2. The first kappa shape index (κ1) is 21.4. The van der Waals surface area contributed by atoms with Crippen molar-refractivity contribution < 1.29 is 9.15 Å². The van der Waals surface area contributed by atoms with E-state index in [0.29, 0.717) is 44.9 Å². The van der Waals surface area contributed by atoms with Crippen molar-refractivity contribution in [1.29, 1.82) is 0 Å². The first-order valence-corrected chi connectivity index (χ1v) is 11.3. The van der Waals surface area contributed by atoms with E-state index in [4.69, 9.17) is 44.0 Å². The summed E-state index contributed by atoms with van der Waals surface area (Å²) in [6.07, 6.45) is 2.27. The molecule has 4 nitrogen and oxygen atoms in total. The number of halogens is 3. The Balaban J connectivity index is 1.43. The second-order valence-electron chi connectivity index (χ2n) is 7.72. The van der Waals surface area contributed by atoms with Crippen molar-refractivity contribution in [3.8, 4) is 16.9 Å². The van der Waals surface area contributed by atoms with Gasteiger partial charge in [0.1, 0.15) is 24.3 Å². The lowest BCUT2D eigenvalue weighted by Gasteiger charge is -2.29. The molecule has 1 aromatic heterocycles. The third kappa shape index (κ3) is 4.12. The normalized spacial score (nSPS) is 13.7. The van der Waals surface area contributed by atoms with Crippen LogP contribution >= 0.6 is 34.8 Å². The first-order valence-electron chi connectivity index (χ1n) is 10.1. The summed E-state index contributed by atoms with van der Waals surface area (Å²) >= 11 is 18.3. The number of nitrogens with zero attached hydrogens (tertiary/aromatic N) is 1. The Labute approximate surface area is 199 Å². The summed E-state index contributed by atoms with van der Waals surface area (Å²) in [4.78, 5) is 15.3. The SMILES string of the molecule is O=c1c(-c2ccc(Cl)cc2)coc2c3c(ccc12)OCN(CCc1ccc(Cl)cc1Cl)C3. The molecule has 1 aliphatic heterocycles. The van der Waals surface area contributed by atoms with Crippen LogP contribution in [0.15, 0.2) is 70.1 Å². The Hall–Kier alpha value is -2.50. The molecule has 0 saturated heterocycles. The zero-order chi connectivity index (χ0) is 22.2. The van der Waals surface area contributed by atoms with E-state index in [1.807, 2.05) is 30.3 Å². The van der Waals surface area contributed by atoms with Gasteiger partial charge in [-0.2, -0.15) is 0 Å². The zero-order valence-corrected chi connectivity index (χ0v) is 19.2. The van der Waals surface area contributed by atoms with Crippen LogP contribution in [0, 0.1) is 0 Å². The van der Waals surface area contributed by atoms with Crippen LogP contribution in [0.4, 0.5) is 0 Å². The van der Waals surface area contributed by atoms with E-state index in [0.717, 1.165) is 35.4 Å². The highest BCUT2D eigenvalue weighted by Gasteiger charge is 2.23. The Bertz CT molecular complexity index is 1370. The fourth-order valence-electron chi connectivity index (χ4n) is 3.93. The molecule has 0 atom stereocenters. The van der Waals surface area contributed by atoms with Crippen molar-refractivity contribution in [3.05, 3.63) is 97.3 Å². The minimum Gasteiger partial charge on any atom is -0.478 e. The number of fused-ring (bicyclic) bond motifs is 3. The molecule has 7 heteroatoms. The molecule has 0 N–H and O–H groups in total. The summed E-state index contributed by atoms with van der Waals surface area (Å²) in [5, 5.41) is 2.42. The summed E-state index contributed by atoms with van der Waals surface area (Å²) in [5.41, 5.74) is 3.64. The van der Waals surface area contributed by atoms with E-state index in [2.05, 4.69) is 4.90 Å². The molecule has 1 aliphatic rings. The van der Waals surface area contributed by atoms with Gasteiger partial charge in [0.05, 0.1) is 16.5 Å². The van der Waals surface area contributed by atoms with Gasteiger partial charge in [0.15, 0.2) is 0 Å². The lowest BCUT2D eigenvalue weighted by Crippen LogP contribution is -2.33. The highest BCUT2D eigenvalue weighted by molar-refractivity contribution is 6.35. The second-order valence-corrected chi connectivity index (χ2v) is 9.00. The second kappa shape index (κ2) is 8.80. The van der Waals surface area contributed by atoms with E-state index < -0.39 is 0 Å². The van der Waals surface area contributed by atoms with Crippen LogP contribution in [-0.4, -0.2) is 18.2 Å². The van der Waals surface area contributed by atoms with E-state index >= 15 is 0 Å². The summed E-state index contributed by atoms with van der Waals surface area (Å²) in [6, 6.07) is 16.3. The molecule has 0 aliphatic carbocycles. The topological polar surface area (TPSA) is 42.7 Å². The molecule has 0 saturated carbocycles. The molecular weight excluding hydrogens is 469 g/mol. The van der Waals surface area contributed by atoms with Gasteiger partial charge >= 0.3 is 0 Å². The van der Waals surface area contributed by atoms with E-state index in [-0.39, 0.29) is 5.43 Å². The van der Waals surface area contributed by atoms with Gasteiger partial charge in [0.25, 0.3) is 0 Å². The predicted octanol–water partition coefficient (Wildman–Crippen LogP) is 6.81. The molecule has 0 radical (unpaired) electrons. The van der Waals surface area contributed by atoms with Crippen molar-refractivity contribution in [2.24, 2.45) is 0 Å². The van der Waals surface area contributed by atoms with E-state index in [1.54, 1.807) is 24.3 Å². The summed E-state index contributed by atoms with van der Waals surface area (Å²) < 4.78 is 11.9. The fourth-order valence-corrected chi connectivity index (χ4v) is 4.56. The van der Waals surface area contributed by atoms with Crippen molar-refractivity contribution in [2.75, 3.05) is 13.3 Å². The van der Waals surface area contributed by atoms with Crippen molar-refractivity contribution >= 4 is 45.8 Å². The number of rotatable bonds is 4. The van der Waals surface area contributed by atoms with Gasteiger partial charge in [-0.15, -0.1) is 0 Å². The monoisotopic (exact) mass is 485 g/mol. The molecule has 32 heavy (non-hydrogen) atoms. The highest BCUT2D eigenvalue weighted by atomic mass is 35.5. The largest absolute Gasteiger partial charge is 0.478 e. The van der Waals surface area contributed by atoms with Gasteiger partial charge in [0.2, 0.25) is 5.43 Å². The van der Waals surface area contributed by atoms with Gasteiger partial charge < -0.3 is 9.15 Å². The third-order valence-corrected chi connectivity index (χ3v) is 6.49. The van der Waals surface area contributed by atoms with E-state index in [9.17, 15) is 4.79 Å². The first-order chi connectivity index (χ1) is 15.5. The lowest BCUT2D eigenvalue weighted by atomic mass is 10.0. The minimum atomic E-state index is -0.0820. The molecule has 162 valence electrons. The smallest absolute Gasteiger partial charge is 0.200 e. The highest BCUT2D eigenvalue weighted by Crippen LogP contribution is 2.33. The predicted molar refractivity (Wildman–Crippen MR) is 129 cm³/mol. The average Bonchev–Trinajstić information content (AvgIpc) is 2.79. The van der Waals surface area contributed by atoms with Crippen LogP contribution in [-0.2, 0) is 13.0 Å². The van der Waals surface area contributed by atoms with Crippen molar-refractivity contribution in [3.63, 3.8) is 0 Å². The number of ether oxygens (including phenoxy) is 1. The Morgan fingerprint density at radius 3 is 2.50 bits per heavy atom. The number of hydrogen-bond donors (Lipinski definition) is 0. The molecule has 0 unspecified atom stereocenters. The summed E-state index contributed by atoms with van der Waals surface area (Å²) in [7, 11) is 0. The molecule has 5 rings (SSSR count). The molecule has 0 bridgehead atoms. The zero-order valence-electron chi connectivity index (χ0n) is 16.9. The van der Waals surface area contributed by atoms with Crippen molar-refractivity contribution in [2.45, 2.75) is 13.0 Å². The van der Waals surface area contributed by atoms with Crippen LogP contribution in [0.3, 0.4) is 0 Å². The van der Waals surface area contributed by atoms with E-state index in [1.165, 1.54) is 6.26 Å². The average molecular weight is 487 g/mol. The van der Waals surface area contributed by atoms with Crippen molar-refractivity contribution in [1.82, 2.24) is 4.90 Å². The van der Waals surface area contributed by atoms with Crippen LogP contribution in [0.1, 0.15) is 11.1 Å². The van der Waals surface area contributed by atoms with Gasteiger partial charge in [-0.25, -0.2) is 0 Å². The third-order valence-electron chi connectivity index (χ3n) is 5.65.